The van der Waals surface area contributed by atoms with E-state index in [1.165, 1.54) is 12.7 Å². The minimum atomic E-state index is 0.112. The maximum absolute atomic E-state index is 12.1. The molecule has 1 aromatic rings. The molecule has 15 heavy (non-hydrogen) atoms. The Kier molecular flexibility index (Phi) is 3.21. The molecule has 1 heterocycles. The van der Waals surface area contributed by atoms with E-state index in [9.17, 15) is 4.79 Å². The minimum absolute atomic E-state index is 0.112. The third kappa shape index (κ3) is 2.12. The van der Waals surface area contributed by atoms with Gasteiger partial charge >= 0.3 is 0 Å². The molecule has 1 aliphatic rings. The van der Waals surface area contributed by atoms with Gasteiger partial charge in [-0.1, -0.05) is 12.8 Å². The average molecular weight is 207 g/mol. The first-order chi connectivity index (χ1) is 7.33. The van der Waals surface area contributed by atoms with E-state index in [1.54, 1.807) is 12.3 Å². The Morgan fingerprint density at radius 2 is 2.27 bits per heavy atom. The second-order valence-corrected chi connectivity index (χ2v) is 4.26. The summed E-state index contributed by atoms with van der Waals surface area (Å²) < 4.78 is 4.94. The van der Waals surface area contributed by atoms with Crippen LogP contribution in [0.2, 0.25) is 0 Å². The van der Waals surface area contributed by atoms with Gasteiger partial charge in [0.2, 0.25) is 0 Å². The lowest BCUT2D eigenvalue weighted by molar-refractivity contribution is 0.0829. The van der Waals surface area contributed by atoms with Gasteiger partial charge in [0.1, 0.15) is 6.26 Å². The van der Waals surface area contributed by atoms with Gasteiger partial charge in [0, 0.05) is 5.92 Å². The highest BCUT2D eigenvalue weighted by molar-refractivity contribution is 5.97. The molecule has 3 nitrogen and oxygen atoms in total. The first-order valence-corrected chi connectivity index (χ1v) is 5.59. The Labute approximate surface area is 89.6 Å². The Morgan fingerprint density at radius 1 is 1.47 bits per heavy atom. The maximum atomic E-state index is 12.1. The van der Waals surface area contributed by atoms with Crippen molar-refractivity contribution in [2.75, 3.05) is 6.54 Å². The normalized spacial score (nSPS) is 26.5. The summed E-state index contributed by atoms with van der Waals surface area (Å²) in [6, 6.07) is 1.74. The van der Waals surface area contributed by atoms with Crippen LogP contribution in [-0.2, 0) is 0 Å². The second-order valence-electron chi connectivity index (χ2n) is 4.26. The van der Waals surface area contributed by atoms with E-state index in [-0.39, 0.29) is 11.7 Å². The third-order valence-electron chi connectivity index (χ3n) is 3.35. The van der Waals surface area contributed by atoms with E-state index in [2.05, 4.69) is 0 Å². The number of hydrogen-bond donors (Lipinski definition) is 1. The number of rotatable bonds is 3. The van der Waals surface area contributed by atoms with Crippen LogP contribution in [0.4, 0.5) is 0 Å². The zero-order valence-corrected chi connectivity index (χ0v) is 8.82. The third-order valence-corrected chi connectivity index (χ3v) is 3.35. The van der Waals surface area contributed by atoms with E-state index >= 15 is 0 Å². The number of carbonyl (C=O) groups excluding carboxylic acids is 1. The molecule has 0 amide bonds. The molecule has 2 rings (SSSR count). The highest BCUT2D eigenvalue weighted by Gasteiger charge is 2.30. The molecule has 2 unspecified atom stereocenters. The second kappa shape index (κ2) is 4.62. The number of ketones is 1. The monoisotopic (exact) mass is 207 g/mol. The van der Waals surface area contributed by atoms with Crippen LogP contribution >= 0.6 is 0 Å². The van der Waals surface area contributed by atoms with Crippen molar-refractivity contribution in [1.82, 2.24) is 0 Å². The maximum Gasteiger partial charge on any atom is 0.169 e. The standard InChI is InChI=1S/C12H17NO2/c13-7-9-3-1-2-4-11(9)12(14)10-5-6-15-8-10/h5-6,8-9,11H,1-4,7,13H2. The van der Waals surface area contributed by atoms with Crippen molar-refractivity contribution in [2.45, 2.75) is 25.7 Å². The summed E-state index contributed by atoms with van der Waals surface area (Å²) in [5, 5.41) is 0. The quantitative estimate of drug-likeness (QED) is 0.773. The number of hydrogen-bond acceptors (Lipinski definition) is 3. The highest BCUT2D eigenvalue weighted by Crippen LogP contribution is 2.31. The van der Waals surface area contributed by atoms with Crippen molar-refractivity contribution < 1.29 is 9.21 Å². The molecular formula is C12H17NO2. The van der Waals surface area contributed by atoms with Gasteiger partial charge < -0.3 is 10.2 Å². The fraction of sp³-hybridized carbons (Fsp3) is 0.583. The van der Waals surface area contributed by atoms with Gasteiger partial charge in [-0.2, -0.15) is 0 Å². The first kappa shape index (κ1) is 10.4. The summed E-state index contributed by atoms with van der Waals surface area (Å²) >= 11 is 0. The van der Waals surface area contributed by atoms with Gasteiger partial charge in [0.25, 0.3) is 0 Å². The summed E-state index contributed by atoms with van der Waals surface area (Å²) in [5.41, 5.74) is 6.40. The van der Waals surface area contributed by atoms with Crippen molar-refractivity contribution >= 4 is 5.78 Å². The number of carbonyl (C=O) groups is 1. The predicted octanol–water partition coefficient (Wildman–Crippen LogP) is 2.23. The zero-order valence-electron chi connectivity index (χ0n) is 8.82. The van der Waals surface area contributed by atoms with E-state index < -0.39 is 0 Å². The largest absolute Gasteiger partial charge is 0.472 e. The van der Waals surface area contributed by atoms with Gasteiger partial charge in [-0.3, -0.25) is 4.79 Å². The summed E-state index contributed by atoms with van der Waals surface area (Å²) in [4.78, 5) is 12.1. The fourth-order valence-corrected chi connectivity index (χ4v) is 2.45. The fourth-order valence-electron chi connectivity index (χ4n) is 2.45. The van der Waals surface area contributed by atoms with Crippen LogP contribution < -0.4 is 5.73 Å². The Bertz CT molecular complexity index is 318. The van der Waals surface area contributed by atoms with E-state index in [0.717, 1.165) is 19.3 Å². The van der Waals surface area contributed by atoms with Crippen LogP contribution in [0.5, 0.6) is 0 Å². The molecule has 2 N–H and O–H groups in total. The van der Waals surface area contributed by atoms with Gasteiger partial charge in [0.15, 0.2) is 5.78 Å². The van der Waals surface area contributed by atoms with Crippen molar-refractivity contribution in [3.05, 3.63) is 24.2 Å². The summed E-state index contributed by atoms with van der Waals surface area (Å²) in [6.45, 7) is 0.619. The zero-order chi connectivity index (χ0) is 10.7. The summed E-state index contributed by atoms with van der Waals surface area (Å²) in [6.07, 6.45) is 7.50. The van der Waals surface area contributed by atoms with Gasteiger partial charge in [-0.15, -0.1) is 0 Å². The van der Waals surface area contributed by atoms with Gasteiger partial charge in [0.05, 0.1) is 11.8 Å². The summed E-state index contributed by atoms with van der Waals surface area (Å²) in [7, 11) is 0. The number of furan rings is 1. The molecule has 1 fully saturated rings. The Balaban J connectivity index is 2.11. The molecule has 0 spiro atoms. The van der Waals surface area contributed by atoms with Crippen LogP contribution in [0.15, 0.2) is 23.0 Å². The number of nitrogens with two attached hydrogens (primary N) is 1. The lowest BCUT2D eigenvalue weighted by atomic mass is 9.76. The topological polar surface area (TPSA) is 56.2 Å². The Hall–Kier alpha value is -1.09. The van der Waals surface area contributed by atoms with Crippen molar-refractivity contribution in [2.24, 2.45) is 17.6 Å². The van der Waals surface area contributed by atoms with Crippen LogP contribution in [0.25, 0.3) is 0 Å². The van der Waals surface area contributed by atoms with E-state index in [1.807, 2.05) is 0 Å². The van der Waals surface area contributed by atoms with Crippen LogP contribution in [0.3, 0.4) is 0 Å². The first-order valence-electron chi connectivity index (χ1n) is 5.59. The molecule has 0 bridgehead atoms. The van der Waals surface area contributed by atoms with Crippen molar-refractivity contribution in [3.63, 3.8) is 0 Å². The van der Waals surface area contributed by atoms with Crippen LogP contribution in [-0.4, -0.2) is 12.3 Å². The molecule has 82 valence electrons. The van der Waals surface area contributed by atoms with E-state index in [0.29, 0.717) is 18.0 Å². The molecule has 0 aliphatic heterocycles. The highest BCUT2D eigenvalue weighted by atomic mass is 16.3. The SMILES string of the molecule is NCC1CCCCC1C(=O)c1ccoc1. The van der Waals surface area contributed by atoms with Crippen molar-refractivity contribution in [1.29, 1.82) is 0 Å². The summed E-state index contributed by atoms with van der Waals surface area (Å²) in [5.74, 6) is 0.682. The van der Waals surface area contributed by atoms with Gasteiger partial charge in [-0.05, 0) is 31.4 Å². The molecule has 1 aliphatic carbocycles. The molecule has 2 atom stereocenters. The lowest BCUT2D eigenvalue weighted by Gasteiger charge is -2.29. The van der Waals surface area contributed by atoms with Crippen LogP contribution in [0.1, 0.15) is 36.0 Å². The Morgan fingerprint density at radius 3 is 2.93 bits per heavy atom. The van der Waals surface area contributed by atoms with Gasteiger partial charge in [-0.25, -0.2) is 0 Å². The molecule has 0 radical (unpaired) electrons. The average Bonchev–Trinajstić information content (AvgIpc) is 2.81. The van der Waals surface area contributed by atoms with Crippen molar-refractivity contribution in [3.8, 4) is 0 Å². The number of Topliss-reactive ketones (excluding diaryl/α,β-unsaturated/α-hetero) is 1. The molecule has 1 saturated carbocycles. The molecular weight excluding hydrogens is 190 g/mol. The smallest absolute Gasteiger partial charge is 0.169 e. The van der Waals surface area contributed by atoms with E-state index in [4.69, 9.17) is 10.2 Å². The molecule has 0 aromatic carbocycles. The lowest BCUT2D eigenvalue weighted by Crippen LogP contribution is -2.32. The molecule has 1 aromatic heterocycles. The molecule has 3 heteroatoms. The minimum Gasteiger partial charge on any atom is -0.472 e. The predicted molar refractivity (Wildman–Crippen MR) is 57.5 cm³/mol. The molecule has 0 saturated heterocycles. The van der Waals surface area contributed by atoms with Crippen LogP contribution in [0, 0.1) is 11.8 Å².